The summed E-state index contributed by atoms with van der Waals surface area (Å²) in [5.41, 5.74) is 2.38. The summed E-state index contributed by atoms with van der Waals surface area (Å²) >= 11 is 0. The van der Waals surface area contributed by atoms with Crippen molar-refractivity contribution >= 4 is 0 Å². The Hall–Kier alpha value is -0.560. The van der Waals surface area contributed by atoms with Crippen LogP contribution in [-0.2, 0) is 0 Å². The van der Waals surface area contributed by atoms with Gasteiger partial charge in [-0.15, -0.1) is 0 Å². The van der Waals surface area contributed by atoms with E-state index in [4.69, 9.17) is 5.11 Å². The molecule has 0 aliphatic rings. The monoisotopic (exact) mass is 182 g/mol. The first kappa shape index (κ1) is 12.4. The molecule has 0 aliphatic carbocycles. The lowest BCUT2D eigenvalue weighted by Crippen LogP contribution is -2.05. The number of allylic oxidation sites excluding steroid dienone is 1. The van der Waals surface area contributed by atoms with E-state index < -0.39 is 0 Å². The van der Waals surface area contributed by atoms with E-state index in [1.54, 1.807) is 0 Å². The number of rotatable bonds is 6. The van der Waals surface area contributed by atoms with E-state index in [1.807, 2.05) is 6.92 Å². The summed E-state index contributed by atoms with van der Waals surface area (Å²) in [5.74, 6) is 0.792. The zero-order valence-electron chi connectivity index (χ0n) is 9.14. The first-order valence-corrected chi connectivity index (χ1v) is 4.93. The molecule has 1 heteroatoms. The third-order valence-corrected chi connectivity index (χ3v) is 2.71. The van der Waals surface area contributed by atoms with Crippen molar-refractivity contribution in [3.05, 3.63) is 24.3 Å². The van der Waals surface area contributed by atoms with Crippen LogP contribution in [-0.4, -0.2) is 11.7 Å². The van der Waals surface area contributed by atoms with Gasteiger partial charge in [0, 0.05) is 6.61 Å². The van der Waals surface area contributed by atoms with Gasteiger partial charge >= 0.3 is 0 Å². The molecule has 0 saturated carbocycles. The minimum absolute atomic E-state index is 0.209. The summed E-state index contributed by atoms with van der Waals surface area (Å²) in [6.07, 6.45) is 2.09. The van der Waals surface area contributed by atoms with Gasteiger partial charge in [-0.3, -0.25) is 0 Å². The Morgan fingerprint density at radius 3 is 2.15 bits per heavy atom. The maximum Gasteiger partial charge on any atom is 0.0493 e. The van der Waals surface area contributed by atoms with Gasteiger partial charge in [0.15, 0.2) is 0 Å². The molecular weight excluding hydrogens is 160 g/mol. The quantitative estimate of drug-likeness (QED) is 0.626. The Morgan fingerprint density at radius 2 is 1.77 bits per heavy atom. The molecule has 13 heavy (non-hydrogen) atoms. The molecule has 1 nitrogen and oxygen atoms in total. The summed E-state index contributed by atoms with van der Waals surface area (Å²) in [7, 11) is 0. The normalized spacial score (nSPS) is 15.1. The van der Waals surface area contributed by atoms with Gasteiger partial charge in [0.25, 0.3) is 0 Å². The molecule has 0 heterocycles. The van der Waals surface area contributed by atoms with Crippen LogP contribution in [0.4, 0.5) is 0 Å². The molecular formula is C12H22O. The number of aliphatic hydroxyl groups excluding tert-OH is 1. The summed E-state index contributed by atoms with van der Waals surface area (Å²) in [5, 5.41) is 8.90. The second kappa shape index (κ2) is 5.98. The average molecular weight is 182 g/mol. The van der Waals surface area contributed by atoms with Crippen molar-refractivity contribution in [3.63, 3.8) is 0 Å². The summed E-state index contributed by atoms with van der Waals surface area (Å²) in [4.78, 5) is 0. The molecule has 0 fully saturated rings. The van der Waals surface area contributed by atoms with Crippen molar-refractivity contribution in [2.75, 3.05) is 6.61 Å². The Bertz CT molecular complexity index is 182. The predicted octanol–water partition coefficient (Wildman–Crippen LogP) is 3.16. The average Bonchev–Trinajstić information content (AvgIpc) is 2.11. The highest BCUT2D eigenvalue weighted by Crippen LogP contribution is 2.20. The lowest BCUT2D eigenvalue weighted by Gasteiger charge is -2.15. The number of aliphatic hydroxyl groups is 1. The largest absolute Gasteiger partial charge is 0.396 e. The molecule has 0 rings (SSSR count). The van der Waals surface area contributed by atoms with Crippen molar-refractivity contribution in [2.24, 2.45) is 11.8 Å². The van der Waals surface area contributed by atoms with E-state index in [-0.39, 0.29) is 12.5 Å². The van der Waals surface area contributed by atoms with Crippen LogP contribution in [0.25, 0.3) is 0 Å². The Balaban J connectivity index is 3.76. The standard InChI is InChI=1S/C12H22O/c1-9(2)10(3)6-7-11(4)12(5)8-13/h10,12-13H,1,4,6-8H2,2-3,5H3/t10-,12-/m0/s1. The van der Waals surface area contributed by atoms with Gasteiger partial charge in [-0.25, -0.2) is 0 Å². The van der Waals surface area contributed by atoms with Gasteiger partial charge < -0.3 is 5.11 Å². The van der Waals surface area contributed by atoms with Crippen LogP contribution in [0.15, 0.2) is 24.3 Å². The molecule has 2 atom stereocenters. The first-order chi connectivity index (χ1) is 5.99. The molecule has 0 spiro atoms. The molecule has 0 aliphatic heterocycles. The third-order valence-electron chi connectivity index (χ3n) is 2.71. The topological polar surface area (TPSA) is 20.2 Å². The highest BCUT2D eigenvalue weighted by molar-refractivity contribution is 5.02. The van der Waals surface area contributed by atoms with E-state index in [0.29, 0.717) is 5.92 Å². The van der Waals surface area contributed by atoms with E-state index in [9.17, 15) is 0 Å². The lowest BCUT2D eigenvalue weighted by atomic mass is 9.92. The number of hydrogen-bond acceptors (Lipinski definition) is 1. The third kappa shape index (κ3) is 4.89. The smallest absolute Gasteiger partial charge is 0.0493 e. The fraction of sp³-hybridized carbons (Fsp3) is 0.667. The first-order valence-electron chi connectivity index (χ1n) is 4.93. The van der Waals surface area contributed by atoms with Crippen LogP contribution in [0.3, 0.4) is 0 Å². The Morgan fingerprint density at radius 1 is 1.23 bits per heavy atom. The maximum atomic E-state index is 8.90. The summed E-state index contributed by atoms with van der Waals surface area (Å²) < 4.78 is 0. The molecule has 0 unspecified atom stereocenters. The minimum Gasteiger partial charge on any atom is -0.396 e. The molecule has 0 aromatic heterocycles. The van der Waals surface area contributed by atoms with Crippen LogP contribution in [0, 0.1) is 11.8 Å². The molecule has 0 saturated heterocycles. The van der Waals surface area contributed by atoms with Crippen LogP contribution in [0.5, 0.6) is 0 Å². The van der Waals surface area contributed by atoms with Gasteiger partial charge in [-0.1, -0.05) is 38.2 Å². The second-order valence-corrected chi connectivity index (χ2v) is 4.03. The molecule has 0 aromatic rings. The summed E-state index contributed by atoms with van der Waals surface area (Å²) in [6, 6.07) is 0. The van der Waals surface area contributed by atoms with Crippen LogP contribution >= 0.6 is 0 Å². The molecule has 1 N–H and O–H groups in total. The minimum atomic E-state index is 0.209. The van der Waals surface area contributed by atoms with Crippen molar-refractivity contribution in [3.8, 4) is 0 Å². The van der Waals surface area contributed by atoms with Crippen LogP contribution in [0.2, 0.25) is 0 Å². The molecule has 0 radical (unpaired) electrons. The second-order valence-electron chi connectivity index (χ2n) is 4.03. The van der Waals surface area contributed by atoms with Crippen molar-refractivity contribution < 1.29 is 5.11 Å². The maximum absolute atomic E-state index is 8.90. The van der Waals surface area contributed by atoms with E-state index in [1.165, 1.54) is 5.57 Å². The van der Waals surface area contributed by atoms with Gasteiger partial charge in [0.2, 0.25) is 0 Å². The Labute approximate surface area is 82.2 Å². The van der Waals surface area contributed by atoms with Gasteiger partial charge in [-0.05, 0) is 31.6 Å². The SMILES string of the molecule is C=C(C)[C@@H](C)CCC(=C)[C@@H](C)CO. The van der Waals surface area contributed by atoms with Crippen LogP contribution in [0.1, 0.15) is 33.6 Å². The highest BCUT2D eigenvalue weighted by Gasteiger charge is 2.08. The summed E-state index contributed by atoms with van der Waals surface area (Å²) in [6.45, 7) is 14.3. The van der Waals surface area contributed by atoms with Gasteiger partial charge in [0.1, 0.15) is 0 Å². The molecule has 0 amide bonds. The zero-order valence-corrected chi connectivity index (χ0v) is 9.14. The highest BCUT2D eigenvalue weighted by atomic mass is 16.3. The predicted molar refractivity (Wildman–Crippen MR) is 58.6 cm³/mol. The van der Waals surface area contributed by atoms with E-state index in [2.05, 4.69) is 27.0 Å². The molecule has 76 valence electrons. The molecule has 0 bridgehead atoms. The Kier molecular flexibility index (Phi) is 5.72. The fourth-order valence-corrected chi connectivity index (χ4v) is 1.02. The van der Waals surface area contributed by atoms with E-state index in [0.717, 1.165) is 18.4 Å². The fourth-order valence-electron chi connectivity index (χ4n) is 1.02. The van der Waals surface area contributed by atoms with Gasteiger partial charge in [-0.2, -0.15) is 0 Å². The molecule has 0 aromatic carbocycles. The lowest BCUT2D eigenvalue weighted by molar-refractivity contribution is 0.253. The van der Waals surface area contributed by atoms with Crippen LogP contribution < -0.4 is 0 Å². The van der Waals surface area contributed by atoms with Crippen molar-refractivity contribution in [1.29, 1.82) is 0 Å². The zero-order chi connectivity index (χ0) is 10.4. The van der Waals surface area contributed by atoms with Gasteiger partial charge in [0.05, 0.1) is 0 Å². The van der Waals surface area contributed by atoms with E-state index >= 15 is 0 Å². The van der Waals surface area contributed by atoms with Crippen molar-refractivity contribution in [1.82, 2.24) is 0 Å². The number of hydrogen-bond donors (Lipinski definition) is 1. The van der Waals surface area contributed by atoms with Crippen molar-refractivity contribution in [2.45, 2.75) is 33.6 Å².